The van der Waals surface area contributed by atoms with Gasteiger partial charge < -0.3 is 14.6 Å². The van der Waals surface area contributed by atoms with Crippen LogP contribution in [-0.2, 0) is 11.3 Å². The Balaban J connectivity index is 2.53. The van der Waals surface area contributed by atoms with Crippen LogP contribution in [0.1, 0.15) is 12.0 Å². The summed E-state index contributed by atoms with van der Waals surface area (Å²) in [5.74, 6) is -1.75. The molecule has 0 saturated carbocycles. The topological polar surface area (TPSA) is 115 Å². The number of rotatable bonds is 7. The quantitative estimate of drug-likeness (QED) is 0.550. The van der Waals surface area contributed by atoms with E-state index in [0.717, 1.165) is 6.08 Å². The molecule has 0 radical (unpaired) electrons. The van der Waals surface area contributed by atoms with E-state index in [0.29, 0.717) is 5.56 Å². The minimum absolute atomic E-state index is 0.0978. The SMILES string of the molecule is N#CCCn1cc(/C=C(/C#N)C(=O)[O-])c(-c2cccc(OC(F)F)c2)n1. The Kier molecular flexibility index (Phi) is 6.01. The Bertz CT molecular complexity index is 923. The maximum atomic E-state index is 12.4. The van der Waals surface area contributed by atoms with Crippen molar-refractivity contribution in [2.24, 2.45) is 0 Å². The molecule has 0 saturated heterocycles. The van der Waals surface area contributed by atoms with Crippen molar-refractivity contribution >= 4 is 12.0 Å². The third-order valence-corrected chi connectivity index (χ3v) is 3.22. The lowest BCUT2D eigenvalue weighted by Gasteiger charge is -2.06. The van der Waals surface area contributed by atoms with Crippen LogP contribution in [0.5, 0.6) is 5.75 Å². The lowest BCUT2D eigenvalue weighted by molar-refractivity contribution is -0.298. The van der Waals surface area contributed by atoms with E-state index in [1.165, 1.54) is 35.1 Å². The normalized spacial score (nSPS) is 11.0. The summed E-state index contributed by atoms with van der Waals surface area (Å²) in [5.41, 5.74) is 0.265. The molecule has 2 rings (SSSR count). The second-order valence-corrected chi connectivity index (χ2v) is 4.97. The minimum Gasteiger partial charge on any atom is -0.544 e. The van der Waals surface area contributed by atoms with Crippen molar-refractivity contribution < 1.29 is 23.4 Å². The van der Waals surface area contributed by atoms with E-state index >= 15 is 0 Å². The number of nitrogens with zero attached hydrogens (tertiary/aromatic N) is 4. The predicted molar refractivity (Wildman–Crippen MR) is 83.1 cm³/mol. The summed E-state index contributed by atoms with van der Waals surface area (Å²) in [6, 6.07) is 9.14. The van der Waals surface area contributed by atoms with Crippen LogP contribution in [-0.4, -0.2) is 22.4 Å². The Morgan fingerprint density at radius 1 is 1.42 bits per heavy atom. The van der Waals surface area contributed by atoms with Crippen LogP contribution in [0.2, 0.25) is 0 Å². The molecule has 0 spiro atoms. The monoisotopic (exact) mass is 357 g/mol. The van der Waals surface area contributed by atoms with Gasteiger partial charge in [-0.05, 0) is 18.2 Å². The molecule has 0 fully saturated rings. The van der Waals surface area contributed by atoms with Crippen molar-refractivity contribution in [2.45, 2.75) is 19.6 Å². The summed E-state index contributed by atoms with van der Waals surface area (Å²) < 4.78 is 30.5. The molecule has 0 aliphatic heterocycles. The Morgan fingerprint density at radius 3 is 2.81 bits per heavy atom. The Morgan fingerprint density at radius 2 is 2.19 bits per heavy atom. The summed E-state index contributed by atoms with van der Waals surface area (Å²) in [6.07, 6.45) is 2.68. The highest BCUT2D eigenvalue weighted by atomic mass is 19.3. The summed E-state index contributed by atoms with van der Waals surface area (Å²) in [6.45, 7) is -2.77. The fourth-order valence-electron chi connectivity index (χ4n) is 2.16. The van der Waals surface area contributed by atoms with Gasteiger partial charge in [-0.2, -0.15) is 24.4 Å². The summed E-state index contributed by atoms with van der Waals surface area (Å²) in [4.78, 5) is 11.0. The van der Waals surface area contributed by atoms with Crippen molar-refractivity contribution in [1.82, 2.24) is 9.78 Å². The minimum atomic E-state index is -3.00. The van der Waals surface area contributed by atoms with Gasteiger partial charge in [-0.15, -0.1) is 0 Å². The highest BCUT2D eigenvalue weighted by Crippen LogP contribution is 2.28. The average Bonchev–Trinajstić information content (AvgIpc) is 3.00. The van der Waals surface area contributed by atoms with Gasteiger partial charge in [-0.25, -0.2) is 0 Å². The number of benzene rings is 1. The standard InChI is InChI=1S/C17H12F2N4O3/c18-17(19)26-14-4-1-3-11(8-14)15-13(7-12(9-21)16(24)25)10-23(22-15)6-2-5-20/h1,3-4,7-8,10,17H,2,6H2,(H,24,25)/p-1/b12-7-. The Hall–Kier alpha value is -3.72. The zero-order chi connectivity index (χ0) is 19.1. The number of carbonyl (C=O) groups is 1. The van der Waals surface area contributed by atoms with Crippen molar-refractivity contribution in [3.05, 3.63) is 41.6 Å². The molecule has 0 aliphatic rings. The third-order valence-electron chi connectivity index (χ3n) is 3.22. The molecule has 132 valence electrons. The number of nitriles is 2. The lowest BCUT2D eigenvalue weighted by Crippen LogP contribution is -2.23. The maximum absolute atomic E-state index is 12.4. The van der Waals surface area contributed by atoms with Crippen molar-refractivity contribution in [3.63, 3.8) is 0 Å². The first kappa shape index (κ1) is 18.6. The second kappa shape index (κ2) is 8.40. The molecular formula is C17H11F2N4O3-. The number of hydrogen-bond donors (Lipinski definition) is 0. The van der Waals surface area contributed by atoms with Gasteiger partial charge in [0, 0.05) is 17.3 Å². The smallest absolute Gasteiger partial charge is 0.387 e. The van der Waals surface area contributed by atoms with E-state index in [-0.39, 0.29) is 30.0 Å². The molecule has 7 nitrogen and oxygen atoms in total. The number of aryl methyl sites for hydroxylation is 1. The van der Waals surface area contributed by atoms with Gasteiger partial charge in [-0.1, -0.05) is 12.1 Å². The van der Waals surface area contributed by atoms with Gasteiger partial charge in [0.05, 0.1) is 36.3 Å². The first-order valence-corrected chi connectivity index (χ1v) is 7.27. The molecule has 1 aromatic carbocycles. The van der Waals surface area contributed by atoms with E-state index in [1.807, 2.05) is 6.07 Å². The number of carboxylic acids is 1. The van der Waals surface area contributed by atoms with Crippen LogP contribution in [0.15, 0.2) is 36.0 Å². The lowest BCUT2D eigenvalue weighted by atomic mass is 10.1. The van der Waals surface area contributed by atoms with Gasteiger partial charge in [0.15, 0.2) is 0 Å². The molecule has 0 atom stereocenters. The third kappa shape index (κ3) is 4.65. The fraction of sp³-hybridized carbons (Fsp3) is 0.176. The number of hydrogen-bond acceptors (Lipinski definition) is 6. The molecule has 1 heterocycles. The van der Waals surface area contributed by atoms with E-state index in [2.05, 4.69) is 9.84 Å². The largest absolute Gasteiger partial charge is 0.544 e. The zero-order valence-corrected chi connectivity index (χ0v) is 13.2. The number of carboxylic acid groups (broad SMARTS) is 1. The van der Waals surface area contributed by atoms with Crippen LogP contribution in [0.4, 0.5) is 8.78 Å². The number of alkyl halides is 2. The number of aliphatic carboxylic acids is 1. The number of halogens is 2. The van der Waals surface area contributed by atoms with Crippen LogP contribution < -0.4 is 9.84 Å². The van der Waals surface area contributed by atoms with Gasteiger partial charge >= 0.3 is 6.61 Å². The number of carbonyl (C=O) groups excluding carboxylic acids is 1. The molecule has 2 aromatic rings. The molecular weight excluding hydrogens is 346 g/mol. The van der Waals surface area contributed by atoms with E-state index < -0.39 is 18.2 Å². The number of ether oxygens (including phenoxy) is 1. The molecule has 0 amide bonds. The molecule has 1 aromatic heterocycles. The van der Waals surface area contributed by atoms with Gasteiger partial charge in [0.2, 0.25) is 0 Å². The van der Waals surface area contributed by atoms with Crippen molar-refractivity contribution in [2.75, 3.05) is 0 Å². The van der Waals surface area contributed by atoms with Crippen LogP contribution in [0, 0.1) is 22.7 Å². The van der Waals surface area contributed by atoms with E-state index in [9.17, 15) is 18.7 Å². The first-order chi connectivity index (χ1) is 12.4. The van der Waals surface area contributed by atoms with Crippen LogP contribution in [0.3, 0.4) is 0 Å². The number of aromatic nitrogens is 2. The van der Waals surface area contributed by atoms with Crippen LogP contribution >= 0.6 is 0 Å². The van der Waals surface area contributed by atoms with Crippen molar-refractivity contribution in [3.8, 4) is 29.1 Å². The van der Waals surface area contributed by atoms with Gasteiger partial charge in [-0.3, -0.25) is 4.68 Å². The summed E-state index contributed by atoms with van der Waals surface area (Å²) in [7, 11) is 0. The predicted octanol–water partition coefficient (Wildman–Crippen LogP) is 1.72. The summed E-state index contributed by atoms with van der Waals surface area (Å²) in [5, 5.41) is 32.8. The second-order valence-electron chi connectivity index (χ2n) is 4.97. The summed E-state index contributed by atoms with van der Waals surface area (Å²) >= 11 is 0. The maximum Gasteiger partial charge on any atom is 0.387 e. The van der Waals surface area contributed by atoms with Crippen LogP contribution in [0.25, 0.3) is 17.3 Å². The van der Waals surface area contributed by atoms with E-state index in [4.69, 9.17) is 10.5 Å². The molecule has 26 heavy (non-hydrogen) atoms. The first-order valence-electron chi connectivity index (χ1n) is 7.27. The highest BCUT2D eigenvalue weighted by molar-refractivity contribution is 5.96. The van der Waals surface area contributed by atoms with Crippen molar-refractivity contribution in [1.29, 1.82) is 10.5 Å². The highest BCUT2D eigenvalue weighted by Gasteiger charge is 2.13. The molecule has 0 unspecified atom stereocenters. The van der Waals surface area contributed by atoms with E-state index in [1.54, 1.807) is 6.07 Å². The average molecular weight is 357 g/mol. The van der Waals surface area contributed by atoms with Gasteiger partial charge in [0.25, 0.3) is 0 Å². The zero-order valence-electron chi connectivity index (χ0n) is 13.2. The Labute approximate surface area is 147 Å². The molecule has 0 aliphatic carbocycles. The molecule has 9 heteroatoms. The molecule has 0 N–H and O–H groups in total. The van der Waals surface area contributed by atoms with Gasteiger partial charge in [0.1, 0.15) is 11.8 Å². The molecule has 0 bridgehead atoms. The fourth-order valence-corrected chi connectivity index (χ4v) is 2.16.